The largest absolute Gasteiger partial charge is 0.481 e. The van der Waals surface area contributed by atoms with Gasteiger partial charge in [0.25, 0.3) is 0 Å². The van der Waals surface area contributed by atoms with Crippen LogP contribution in [0.1, 0.15) is 31.2 Å². The van der Waals surface area contributed by atoms with Crippen LogP contribution in [0.3, 0.4) is 0 Å². The van der Waals surface area contributed by atoms with Crippen molar-refractivity contribution >= 4 is 12.0 Å². The lowest BCUT2D eigenvalue weighted by atomic mass is 9.86. The summed E-state index contributed by atoms with van der Waals surface area (Å²) < 4.78 is 13.0. The summed E-state index contributed by atoms with van der Waals surface area (Å²) in [7, 11) is 0. The van der Waals surface area contributed by atoms with E-state index in [0.29, 0.717) is 38.6 Å². The van der Waals surface area contributed by atoms with Crippen LogP contribution in [0.15, 0.2) is 24.3 Å². The van der Waals surface area contributed by atoms with Crippen LogP contribution in [-0.4, -0.2) is 29.7 Å². The van der Waals surface area contributed by atoms with Crippen molar-refractivity contribution in [2.45, 2.75) is 38.1 Å². The van der Waals surface area contributed by atoms with E-state index in [0.717, 1.165) is 5.56 Å². The third-order valence-electron chi connectivity index (χ3n) is 4.00. The summed E-state index contributed by atoms with van der Waals surface area (Å²) in [6, 6.07) is 6.07. The van der Waals surface area contributed by atoms with Gasteiger partial charge in [0.05, 0.1) is 5.92 Å². The van der Waals surface area contributed by atoms with E-state index in [-0.39, 0.29) is 23.8 Å². The van der Waals surface area contributed by atoms with Crippen molar-refractivity contribution in [2.75, 3.05) is 6.54 Å². The predicted octanol–water partition coefficient (Wildman–Crippen LogP) is 2.31. The fourth-order valence-corrected chi connectivity index (χ4v) is 2.73. The second-order valence-electron chi connectivity index (χ2n) is 5.67. The lowest BCUT2D eigenvalue weighted by molar-refractivity contribution is -0.142. The number of carboxylic acids is 1. The number of nitrogens with one attached hydrogen (secondary N) is 2. The van der Waals surface area contributed by atoms with E-state index >= 15 is 0 Å². The molecule has 0 spiro atoms. The minimum Gasteiger partial charge on any atom is -0.481 e. The van der Waals surface area contributed by atoms with Gasteiger partial charge in [-0.25, -0.2) is 9.18 Å². The molecule has 1 fully saturated rings. The smallest absolute Gasteiger partial charge is 0.315 e. The number of aliphatic carboxylic acids is 1. The Morgan fingerprint density at radius 2 is 1.95 bits per heavy atom. The first-order valence-electron chi connectivity index (χ1n) is 7.56. The van der Waals surface area contributed by atoms with Crippen molar-refractivity contribution < 1.29 is 19.1 Å². The Morgan fingerprint density at radius 3 is 2.59 bits per heavy atom. The number of carbonyl (C=O) groups excluding carboxylic acids is 1. The Bertz CT molecular complexity index is 528. The molecule has 3 N–H and O–H groups in total. The number of rotatable bonds is 5. The molecule has 2 rings (SSSR count). The predicted molar refractivity (Wildman–Crippen MR) is 80.0 cm³/mol. The molecule has 1 aliphatic rings. The van der Waals surface area contributed by atoms with E-state index < -0.39 is 5.97 Å². The van der Waals surface area contributed by atoms with Crippen LogP contribution in [0, 0.1) is 11.7 Å². The fourth-order valence-electron chi connectivity index (χ4n) is 2.73. The summed E-state index contributed by atoms with van der Waals surface area (Å²) in [5.41, 5.74) is 0.835. The van der Waals surface area contributed by atoms with E-state index in [4.69, 9.17) is 5.11 Å². The molecular formula is C16H21FN2O3. The molecule has 1 aliphatic carbocycles. The standard InChI is InChI=1S/C16H21FN2O3/c17-13-3-1-2-11(10-13)8-9-18-16(22)19-14-6-4-12(5-7-14)15(20)21/h1-3,10,12,14H,4-9H2,(H,20,21)(H2,18,19,22). The molecular weight excluding hydrogens is 287 g/mol. The van der Waals surface area contributed by atoms with Gasteiger partial charge in [-0.3, -0.25) is 4.79 Å². The summed E-state index contributed by atoms with van der Waals surface area (Å²) in [4.78, 5) is 22.6. The Morgan fingerprint density at radius 1 is 1.23 bits per heavy atom. The lowest BCUT2D eigenvalue weighted by Gasteiger charge is -2.26. The minimum atomic E-state index is -0.752. The summed E-state index contributed by atoms with van der Waals surface area (Å²) in [5.74, 6) is -1.32. The topological polar surface area (TPSA) is 78.4 Å². The summed E-state index contributed by atoms with van der Waals surface area (Å²) in [6.45, 7) is 0.430. The van der Waals surface area contributed by atoms with Crippen molar-refractivity contribution in [1.29, 1.82) is 0 Å². The number of benzene rings is 1. The highest BCUT2D eigenvalue weighted by atomic mass is 19.1. The number of hydrogen-bond acceptors (Lipinski definition) is 2. The quantitative estimate of drug-likeness (QED) is 0.781. The zero-order valence-corrected chi connectivity index (χ0v) is 12.3. The maximum Gasteiger partial charge on any atom is 0.315 e. The molecule has 0 unspecified atom stereocenters. The van der Waals surface area contributed by atoms with Gasteiger partial charge in [0.15, 0.2) is 0 Å². The van der Waals surface area contributed by atoms with Crippen LogP contribution in [0.25, 0.3) is 0 Å². The van der Waals surface area contributed by atoms with E-state index in [1.54, 1.807) is 6.07 Å². The Hall–Kier alpha value is -2.11. The number of halogens is 1. The van der Waals surface area contributed by atoms with Crippen LogP contribution in [-0.2, 0) is 11.2 Å². The van der Waals surface area contributed by atoms with Gasteiger partial charge >= 0.3 is 12.0 Å². The Balaban J connectivity index is 1.65. The van der Waals surface area contributed by atoms with Crippen molar-refractivity contribution in [2.24, 2.45) is 5.92 Å². The monoisotopic (exact) mass is 308 g/mol. The molecule has 1 aromatic rings. The molecule has 2 amide bonds. The first-order valence-corrected chi connectivity index (χ1v) is 7.56. The number of carbonyl (C=O) groups is 2. The average Bonchev–Trinajstić information content (AvgIpc) is 2.48. The van der Waals surface area contributed by atoms with Gasteiger partial charge < -0.3 is 15.7 Å². The summed E-state index contributed by atoms with van der Waals surface area (Å²) in [5, 5.41) is 14.5. The van der Waals surface area contributed by atoms with E-state index in [1.165, 1.54) is 12.1 Å². The lowest BCUT2D eigenvalue weighted by Crippen LogP contribution is -2.44. The van der Waals surface area contributed by atoms with Gasteiger partial charge in [-0.1, -0.05) is 12.1 Å². The van der Waals surface area contributed by atoms with Crippen LogP contribution < -0.4 is 10.6 Å². The molecule has 0 saturated heterocycles. The molecule has 120 valence electrons. The highest BCUT2D eigenvalue weighted by molar-refractivity contribution is 5.74. The number of urea groups is 1. The van der Waals surface area contributed by atoms with Crippen molar-refractivity contribution in [1.82, 2.24) is 10.6 Å². The van der Waals surface area contributed by atoms with Gasteiger partial charge in [0.2, 0.25) is 0 Å². The second kappa shape index (κ2) is 7.77. The summed E-state index contributed by atoms with van der Waals surface area (Å²) in [6.07, 6.45) is 3.15. The van der Waals surface area contributed by atoms with Crippen LogP contribution in [0.2, 0.25) is 0 Å². The van der Waals surface area contributed by atoms with E-state index in [2.05, 4.69) is 10.6 Å². The van der Waals surface area contributed by atoms with Crippen LogP contribution in [0.4, 0.5) is 9.18 Å². The summed E-state index contributed by atoms with van der Waals surface area (Å²) >= 11 is 0. The molecule has 0 aromatic heterocycles. The molecule has 1 aromatic carbocycles. The Kier molecular flexibility index (Phi) is 5.75. The van der Waals surface area contributed by atoms with Crippen LogP contribution in [0.5, 0.6) is 0 Å². The van der Waals surface area contributed by atoms with Gasteiger partial charge in [0, 0.05) is 12.6 Å². The SMILES string of the molecule is O=C(NCCc1cccc(F)c1)NC1CCC(C(=O)O)CC1. The fraction of sp³-hybridized carbons (Fsp3) is 0.500. The second-order valence-corrected chi connectivity index (χ2v) is 5.67. The maximum atomic E-state index is 13.0. The first-order chi connectivity index (χ1) is 10.5. The molecule has 0 radical (unpaired) electrons. The first kappa shape index (κ1) is 16.3. The average molecular weight is 308 g/mol. The minimum absolute atomic E-state index is 0.0322. The molecule has 6 heteroatoms. The molecule has 0 heterocycles. The van der Waals surface area contributed by atoms with E-state index in [9.17, 15) is 14.0 Å². The normalized spacial score (nSPS) is 21.1. The zero-order valence-electron chi connectivity index (χ0n) is 12.3. The van der Waals surface area contributed by atoms with Gasteiger partial charge in [-0.15, -0.1) is 0 Å². The van der Waals surface area contributed by atoms with Gasteiger partial charge in [-0.05, 0) is 49.8 Å². The number of carboxylic acid groups (broad SMARTS) is 1. The molecule has 1 saturated carbocycles. The highest BCUT2D eigenvalue weighted by Crippen LogP contribution is 2.24. The zero-order chi connectivity index (χ0) is 15.9. The van der Waals surface area contributed by atoms with Gasteiger partial charge in [0.1, 0.15) is 5.82 Å². The Labute approximate surface area is 128 Å². The third-order valence-corrected chi connectivity index (χ3v) is 4.00. The maximum absolute atomic E-state index is 13.0. The molecule has 0 bridgehead atoms. The van der Waals surface area contributed by atoms with Crippen LogP contribution >= 0.6 is 0 Å². The number of hydrogen-bond donors (Lipinski definition) is 3. The van der Waals surface area contributed by atoms with Crippen molar-refractivity contribution in [3.05, 3.63) is 35.6 Å². The van der Waals surface area contributed by atoms with Crippen molar-refractivity contribution in [3.63, 3.8) is 0 Å². The van der Waals surface area contributed by atoms with Gasteiger partial charge in [-0.2, -0.15) is 0 Å². The molecule has 22 heavy (non-hydrogen) atoms. The molecule has 0 aliphatic heterocycles. The third kappa shape index (κ3) is 5.02. The van der Waals surface area contributed by atoms with E-state index in [1.807, 2.05) is 6.07 Å². The molecule has 0 atom stereocenters. The van der Waals surface area contributed by atoms with Crippen molar-refractivity contribution in [3.8, 4) is 0 Å². The number of amides is 2. The molecule has 5 nitrogen and oxygen atoms in total. The highest BCUT2D eigenvalue weighted by Gasteiger charge is 2.26.